The number of allylic oxidation sites excluding steroid dienone is 4. The average molecular weight is 527 g/mol. The largest absolute Gasteiger partial charge is 0.487 e. The minimum Gasteiger partial charge on any atom is -0.487 e. The molecule has 0 aromatic carbocycles. The van der Waals surface area contributed by atoms with Crippen LogP contribution >= 0.6 is 11.6 Å². The normalized spacial score (nSPS) is 20.5. The lowest BCUT2D eigenvalue weighted by atomic mass is 9.89. The van der Waals surface area contributed by atoms with Gasteiger partial charge in [0.1, 0.15) is 35.2 Å². The molecule has 2 aromatic rings. The maximum absolute atomic E-state index is 13.9. The van der Waals surface area contributed by atoms with Gasteiger partial charge in [0, 0.05) is 55.7 Å². The average Bonchev–Trinajstić information content (AvgIpc) is 2.90. The highest BCUT2D eigenvalue weighted by Gasteiger charge is 2.29. The summed E-state index contributed by atoms with van der Waals surface area (Å²) in [7, 11) is 0. The van der Waals surface area contributed by atoms with Crippen LogP contribution in [0, 0.1) is 24.5 Å². The molecule has 3 aliphatic heterocycles. The van der Waals surface area contributed by atoms with E-state index in [1.165, 1.54) is 5.57 Å². The first-order chi connectivity index (χ1) is 17.9. The van der Waals surface area contributed by atoms with Crippen LogP contribution < -0.4 is 9.80 Å². The van der Waals surface area contributed by atoms with Gasteiger partial charge < -0.3 is 19.3 Å². The van der Waals surface area contributed by atoms with Crippen molar-refractivity contribution in [3.05, 3.63) is 95.0 Å². The van der Waals surface area contributed by atoms with Crippen LogP contribution in [-0.4, -0.2) is 35.2 Å². The zero-order valence-corrected chi connectivity index (χ0v) is 21.6. The number of halogens is 3. The second kappa shape index (κ2) is 11.0. The second-order valence-corrected chi connectivity index (χ2v) is 9.75. The van der Waals surface area contributed by atoms with Gasteiger partial charge >= 0.3 is 0 Å². The number of hydrogen-bond acceptors (Lipinski definition) is 6. The first-order valence-corrected chi connectivity index (χ1v) is 12.8. The molecule has 0 saturated carbocycles. The number of pyridine rings is 2. The van der Waals surface area contributed by atoms with Crippen LogP contribution in [0.3, 0.4) is 0 Å². The Kier molecular flexibility index (Phi) is 7.58. The standard InChI is InChI=1S/C28H29ClF2N4O2/c1-18-15-33-27(35-8-3-4-23(28(35)29)20-6-10-36-11-7-20)14-26(18)34-9-5-22(12-19(34)2)37-17-25-24(31)13-21(30)16-32-25/h3-5,8,12-16,20,28H,6-7,9-11,17H2,1-2H3. The number of alkyl halides is 1. The van der Waals surface area contributed by atoms with Crippen LogP contribution in [0.15, 0.2) is 72.1 Å². The van der Waals surface area contributed by atoms with Gasteiger partial charge in [-0.15, -0.1) is 0 Å². The van der Waals surface area contributed by atoms with Crippen LogP contribution in [0.25, 0.3) is 0 Å². The Morgan fingerprint density at radius 3 is 2.70 bits per heavy atom. The molecule has 5 heterocycles. The van der Waals surface area contributed by atoms with E-state index < -0.39 is 11.6 Å². The molecule has 5 rings (SSSR count). The van der Waals surface area contributed by atoms with E-state index in [1.54, 1.807) is 0 Å². The molecular weight excluding hydrogens is 498 g/mol. The van der Waals surface area contributed by atoms with Gasteiger partial charge in [-0.2, -0.15) is 0 Å². The Bertz CT molecular complexity index is 1290. The minimum atomic E-state index is -0.724. The Labute approximate surface area is 220 Å². The smallest absolute Gasteiger partial charge is 0.151 e. The molecule has 1 fully saturated rings. The highest BCUT2D eigenvalue weighted by Crippen LogP contribution is 2.36. The number of rotatable bonds is 6. The number of anilines is 2. The fourth-order valence-electron chi connectivity index (χ4n) is 4.81. The second-order valence-electron chi connectivity index (χ2n) is 9.34. The number of nitrogens with zero attached hydrogens (tertiary/aromatic N) is 4. The fraction of sp³-hybridized carbons (Fsp3) is 0.357. The summed E-state index contributed by atoms with van der Waals surface area (Å²) in [4.78, 5) is 12.6. The molecule has 3 aliphatic rings. The van der Waals surface area contributed by atoms with E-state index in [4.69, 9.17) is 21.1 Å². The predicted octanol–water partition coefficient (Wildman–Crippen LogP) is 6.14. The summed E-state index contributed by atoms with van der Waals surface area (Å²) in [6, 6.07) is 2.86. The summed E-state index contributed by atoms with van der Waals surface area (Å²) in [5, 5.41) is 0. The maximum Gasteiger partial charge on any atom is 0.151 e. The molecule has 6 nitrogen and oxygen atoms in total. The third-order valence-corrected chi connectivity index (χ3v) is 7.34. The molecule has 1 unspecified atom stereocenters. The molecule has 0 spiro atoms. The van der Waals surface area contributed by atoms with Crippen molar-refractivity contribution < 1.29 is 18.3 Å². The van der Waals surface area contributed by atoms with Crippen LogP contribution in [0.4, 0.5) is 20.3 Å². The molecule has 37 heavy (non-hydrogen) atoms. The van der Waals surface area contributed by atoms with Crippen molar-refractivity contribution in [1.82, 2.24) is 9.97 Å². The van der Waals surface area contributed by atoms with Gasteiger partial charge in [0.2, 0.25) is 0 Å². The fourth-order valence-corrected chi connectivity index (χ4v) is 5.22. The molecule has 9 heteroatoms. The monoisotopic (exact) mass is 526 g/mol. The van der Waals surface area contributed by atoms with Gasteiger partial charge in [-0.1, -0.05) is 17.7 Å². The number of aryl methyl sites for hydroxylation is 1. The van der Waals surface area contributed by atoms with Gasteiger partial charge in [-0.05, 0) is 62.0 Å². The quantitative estimate of drug-likeness (QED) is 0.333. The Balaban J connectivity index is 1.30. The van der Waals surface area contributed by atoms with Gasteiger partial charge in [-0.25, -0.2) is 13.8 Å². The Morgan fingerprint density at radius 1 is 1.14 bits per heavy atom. The first kappa shape index (κ1) is 25.4. The number of hydrogen-bond donors (Lipinski definition) is 0. The molecule has 0 N–H and O–H groups in total. The zero-order valence-electron chi connectivity index (χ0n) is 20.8. The topological polar surface area (TPSA) is 50.7 Å². The molecule has 0 aliphatic carbocycles. The molecule has 2 aromatic heterocycles. The van der Waals surface area contributed by atoms with Crippen molar-refractivity contribution >= 4 is 23.1 Å². The molecule has 0 amide bonds. The summed E-state index contributed by atoms with van der Waals surface area (Å²) < 4.78 is 38.3. The lowest BCUT2D eigenvalue weighted by Crippen LogP contribution is -2.35. The van der Waals surface area contributed by atoms with Crippen LogP contribution in [0.2, 0.25) is 0 Å². The first-order valence-electron chi connectivity index (χ1n) is 12.3. The maximum atomic E-state index is 13.9. The number of ether oxygens (including phenoxy) is 2. The van der Waals surface area contributed by atoms with Gasteiger partial charge in [0.05, 0.1) is 6.20 Å². The third-order valence-electron chi connectivity index (χ3n) is 6.87. The van der Waals surface area contributed by atoms with E-state index in [-0.39, 0.29) is 17.8 Å². The highest BCUT2D eigenvalue weighted by molar-refractivity contribution is 6.24. The summed E-state index contributed by atoms with van der Waals surface area (Å²) in [5.41, 5.74) is 3.95. The molecular formula is C28H29ClF2N4O2. The molecule has 1 atom stereocenters. The lowest BCUT2D eigenvalue weighted by Gasteiger charge is -2.35. The van der Waals surface area contributed by atoms with E-state index in [1.807, 2.05) is 49.4 Å². The van der Waals surface area contributed by atoms with Crippen molar-refractivity contribution in [2.75, 3.05) is 29.6 Å². The Morgan fingerprint density at radius 2 is 1.95 bits per heavy atom. The zero-order chi connectivity index (χ0) is 25.9. The van der Waals surface area contributed by atoms with E-state index in [2.05, 4.69) is 27.0 Å². The van der Waals surface area contributed by atoms with Crippen LogP contribution in [0.1, 0.15) is 31.0 Å². The highest BCUT2D eigenvalue weighted by atomic mass is 35.5. The van der Waals surface area contributed by atoms with Crippen molar-refractivity contribution in [3.63, 3.8) is 0 Å². The molecule has 0 radical (unpaired) electrons. The van der Waals surface area contributed by atoms with Gasteiger partial charge in [0.15, 0.2) is 5.82 Å². The predicted molar refractivity (Wildman–Crippen MR) is 140 cm³/mol. The SMILES string of the molecule is CC1=CC(OCc2ncc(F)cc2F)=CCN1c1cc(N2C=CC=C(C3CCOCC3)C2Cl)ncc1C. The van der Waals surface area contributed by atoms with Gasteiger partial charge in [-0.3, -0.25) is 4.98 Å². The van der Waals surface area contributed by atoms with Gasteiger partial charge in [0.25, 0.3) is 0 Å². The van der Waals surface area contributed by atoms with Crippen molar-refractivity contribution in [3.8, 4) is 0 Å². The summed E-state index contributed by atoms with van der Waals surface area (Å²) in [6.07, 6.45) is 14.7. The van der Waals surface area contributed by atoms with E-state index in [0.717, 1.165) is 61.1 Å². The van der Waals surface area contributed by atoms with E-state index >= 15 is 0 Å². The minimum absolute atomic E-state index is 0.0600. The Hall–Kier alpha value is -3.23. The lowest BCUT2D eigenvalue weighted by molar-refractivity contribution is 0.0750. The van der Waals surface area contributed by atoms with E-state index in [9.17, 15) is 8.78 Å². The number of aromatic nitrogens is 2. The molecule has 0 bridgehead atoms. The third kappa shape index (κ3) is 5.55. The van der Waals surface area contributed by atoms with Crippen molar-refractivity contribution in [1.29, 1.82) is 0 Å². The molecule has 194 valence electrons. The van der Waals surface area contributed by atoms with Crippen LogP contribution in [0.5, 0.6) is 0 Å². The van der Waals surface area contributed by atoms with Crippen LogP contribution in [-0.2, 0) is 16.1 Å². The van der Waals surface area contributed by atoms with Crippen molar-refractivity contribution in [2.24, 2.45) is 5.92 Å². The summed E-state index contributed by atoms with van der Waals surface area (Å²) in [6.45, 7) is 6.02. The summed E-state index contributed by atoms with van der Waals surface area (Å²) in [5.74, 6) is 0.345. The molecule has 1 saturated heterocycles. The van der Waals surface area contributed by atoms with Crippen molar-refractivity contribution in [2.45, 2.75) is 38.8 Å². The summed E-state index contributed by atoms with van der Waals surface area (Å²) >= 11 is 6.97. The van der Waals surface area contributed by atoms with E-state index in [0.29, 0.717) is 18.2 Å².